The van der Waals surface area contributed by atoms with Gasteiger partial charge in [0.15, 0.2) is 0 Å². The van der Waals surface area contributed by atoms with E-state index in [1.165, 1.54) is 0 Å². The van der Waals surface area contributed by atoms with Gasteiger partial charge in [0, 0.05) is 25.5 Å². The Bertz CT molecular complexity index is 576. The molecule has 0 aliphatic rings. The van der Waals surface area contributed by atoms with Crippen molar-refractivity contribution in [3.8, 4) is 0 Å². The molecule has 0 unspecified atom stereocenters. The van der Waals surface area contributed by atoms with Crippen molar-refractivity contribution in [2.75, 3.05) is 13.1 Å². The number of amides is 1. The van der Waals surface area contributed by atoms with Crippen molar-refractivity contribution in [3.05, 3.63) is 66.0 Å². The number of nitrogens with one attached hydrogen (secondary N) is 2. The lowest BCUT2D eigenvalue weighted by atomic mass is 10.2. The predicted molar refractivity (Wildman–Crippen MR) is 94.3 cm³/mol. The van der Waals surface area contributed by atoms with Gasteiger partial charge in [-0.15, -0.1) is 0 Å². The smallest absolute Gasteiger partial charge is 0.252 e. The van der Waals surface area contributed by atoms with Crippen LogP contribution in [0.5, 0.6) is 0 Å². The van der Waals surface area contributed by atoms with Crippen LogP contribution in [0, 0.1) is 0 Å². The van der Waals surface area contributed by atoms with Crippen LogP contribution in [0.15, 0.2) is 54.9 Å². The SMILES string of the molecule is O=C(NCCCCCCNOCc1ccccc1)c1cccnc1. The lowest BCUT2D eigenvalue weighted by Gasteiger charge is -2.07. The highest BCUT2D eigenvalue weighted by atomic mass is 16.6. The molecule has 0 bridgehead atoms. The van der Waals surface area contributed by atoms with Crippen LogP contribution in [0.3, 0.4) is 0 Å². The van der Waals surface area contributed by atoms with Crippen LogP contribution in [0.2, 0.25) is 0 Å². The molecule has 1 amide bonds. The maximum absolute atomic E-state index is 11.8. The van der Waals surface area contributed by atoms with Crippen molar-refractivity contribution in [1.29, 1.82) is 0 Å². The third kappa shape index (κ3) is 7.35. The Morgan fingerprint density at radius 3 is 2.50 bits per heavy atom. The maximum atomic E-state index is 11.8. The first-order chi connectivity index (χ1) is 11.9. The Morgan fingerprint density at radius 1 is 0.958 bits per heavy atom. The van der Waals surface area contributed by atoms with Crippen molar-refractivity contribution in [2.24, 2.45) is 0 Å². The molecule has 0 atom stereocenters. The van der Waals surface area contributed by atoms with Gasteiger partial charge in [0.05, 0.1) is 12.2 Å². The van der Waals surface area contributed by atoms with Crippen LogP contribution in [0.1, 0.15) is 41.6 Å². The molecule has 2 N–H and O–H groups in total. The monoisotopic (exact) mass is 327 g/mol. The highest BCUT2D eigenvalue weighted by Crippen LogP contribution is 2.01. The lowest BCUT2D eigenvalue weighted by molar-refractivity contribution is 0.0272. The number of unbranched alkanes of at least 4 members (excludes halogenated alkanes) is 3. The van der Waals surface area contributed by atoms with E-state index in [9.17, 15) is 4.79 Å². The molecule has 1 heterocycles. The molecule has 0 saturated carbocycles. The van der Waals surface area contributed by atoms with Crippen molar-refractivity contribution < 1.29 is 9.63 Å². The minimum Gasteiger partial charge on any atom is -0.352 e. The van der Waals surface area contributed by atoms with Crippen LogP contribution >= 0.6 is 0 Å². The molecule has 0 saturated heterocycles. The van der Waals surface area contributed by atoms with Gasteiger partial charge in [0.1, 0.15) is 0 Å². The number of pyridine rings is 1. The molecule has 0 aliphatic carbocycles. The molecule has 24 heavy (non-hydrogen) atoms. The van der Waals surface area contributed by atoms with Crippen molar-refractivity contribution >= 4 is 5.91 Å². The van der Waals surface area contributed by atoms with E-state index in [0.29, 0.717) is 18.7 Å². The van der Waals surface area contributed by atoms with E-state index < -0.39 is 0 Å². The molecule has 0 spiro atoms. The van der Waals surface area contributed by atoms with Crippen LogP contribution in [-0.4, -0.2) is 24.0 Å². The van der Waals surface area contributed by atoms with Crippen LogP contribution in [0.25, 0.3) is 0 Å². The first-order valence-electron chi connectivity index (χ1n) is 8.43. The van der Waals surface area contributed by atoms with E-state index in [2.05, 4.69) is 15.8 Å². The van der Waals surface area contributed by atoms with Crippen molar-refractivity contribution in [1.82, 2.24) is 15.8 Å². The first kappa shape index (κ1) is 18.1. The van der Waals surface area contributed by atoms with Gasteiger partial charge in [0.2, 0.25) is 0 Å². The Morgan fingerprint density at radius 2 is 1.75 bits per heavy atom. The fraction of sp³-hybridized carbons (Fsp3) is 0.368. The summed E-state index contributed by atoms with van der Waals surface area (Å²) < 4.78 is 0. The van der Waals surface area contributed by atoms with Gasteiger partial charge in [-0.3, -0.25) is 14.6 Å². The van der Waals surface area contributed by atoms with Gasteiger partial charge >= 0.3 is 0 Å². The van der Waals surface area contributed by atoms with E-state index in [1.54, 1.807) is 24.5 Å². The summed E-state index contributed by atoms with van der Waals surface area (Å²) in [6.45, 7) is 2.13. The molecule has 0 aliphatic heterocycles. The molecule has 1 aromatic heterocycles. The fourth-order valence-electron chi connectivity index (χ4n) is 2.26. The standard InChI is InChI=1S/C19H25N3O2/c23-19(18-11-8-12-20-15-18)21-13-6-1-2-7-14-22-24-16-17-9-4-3-5-10-17/h3-5,8-12,15,22H,1-2,6-7,13-14,16H2,(H,21,23). The molecule has 0 fully saturated rings. The summed E-state index contributed by atoms with van der Waals surface area (Å²) in [6.07, 6.45) is 7.49. The summed E-state index contributed by atoms with van der Waals surface area (Å²) in [5.41, 5.74) is 4.76. The third-order valence-electron chi connectivity index (χ3n) is 3.60. The summed E-state index contributed by atoms with van der Waals surface area (Å²) in [6, 6.07) is 13.6. The number of rotatable bonds is 11. The Kier molecular flexibility index (Phi) is 8.54. The van der Waals surface area contributed by atoms with Gasteiger partial charge in [-0.25, -0.2) is 5.48 Å². The Hall–Kier alpha value is -2.24. The average Bonchev–Trinajstić information content (AvgIpc) is 2.64. The Balaban J connectivity index is 1.40. The summed E-state index contributed by atoms with van der Waals surface area (Å²) in [5.74, 6) is -0.0564. The van der Waals surface area contributed by atoms with E-state index in [1.807, 2.05) is 30.3 Å². The zero-order valence-corrected chi connectivity index (χ0v) is 13.9. The quantitative estimate of drug-likeness (QED) is 0.492. The largest absolute Gasteiger partial charge is 0.352 e. The van der Waals surface area contributed by atoms with Crippen LogP contribution < -0.4 is 10.8 Å². The predicted octanol–water partition coefficient (Wildman–Crippen LogP) is 3.09. The number of benzene rings is 1. The highest BCUT2D eigenvalue weighted by molar-refractivity contribution is 5.93. The number of carbonyl (C=O) groups is 1. The molecule has 5 heteroatoms. The topological polar surface area (TPSA) is 63.2 Å². The minimum atomic E-state index is -0.0564. The number of carbonyl (C=O) groups excluding carboxylic acids is 1. The number of nitrogens with zero attached hydrogens (tertiary/aromatic N) is 1. The van der Waals surface area contributed by atoms with E-state index in [-0.39, 0.29) is 5.91 Å². The summed E-state index contributed by atoms with van der Waals surface area (Å²) >= 11 is 0. The molecule has 2 rings (SSSR count). The normalized spacial score (nSPS) is 10.5. The molecule has 0 radical (unpaired) electrons. The first-order valence-corrected chi connectivity index (χ1v) is 8.43. The lowest BCUT2D eigenvalue weighted by Crippen LogP contribution is -2.24. The fourth-order valence-corrected chi connectivity index (χ4v) is 2.26. The zero-order chi connectivity index (χ0) is 16.9. The van der Waals surface area contributed by atoms with Gasteiger partial charge in [-0.1, -0.05) is 43.2 Å². The molecule has 2 aromatic rings. The summed E-state index contributed by atoms with van der Waals surface area (Å²) in [5, 5.41) is 2.91. The van der Waals surface area contributed by atoms with E-state index in [4.69, 9.17) is 4.84 Å². The molecular weight excluding hydrogens is 302 g/mol. The second-order valence-electron chi connectivity index (χ2n) is 5.58. The third-order valence-corrected chi connectivity index (χ3v) is 3.60. The number of aromatic nitrogens is 1. The number of hydrogen-bond donors (Lipinski definition) is 2. The van der Waals surface area contributed by atoms with Gasteiger partial charge < -0.3 is 5.32 Å². The van der Waals surface area contributed by atoms with Gasteiger partial charge in [-0.2, -0.15) is 0 Å². The molecule has 5 nitrogen and oxygen atoms in total. The summed E-state index contributed by atoms with van der Waals surface area (Å²) in [4.78, 5) is 21.1. The van der Waals surface area contributed by atoms with Crippen LogP contribution in [-0.2, 0) is 11.4 Å². The van der Waals surface area contributed by atoms with E-state index >= 15 is 0 Å². The van der Waals surface area contributed by atoms with Crippen molar-refractivity contribution in [3.63, 3.8) is 0 Å². The Labute approximate surface area is 143 Å². The van der Waals surface area contributed by atoms with Crippen molar-refractivity contribution in [2.45, 2.75) is 32.3 Å². The maximum Gasteiger partial charge on any atom is 0.252 e. The van der Waals surface area contributed by atoms with Gasteiger partial charge in [-0.05, 0) is 30.5 Å². The van der Waals surface area contributed by atoms with Gasteiger partial charge in [0.25, 0.3) is 5.91 Å². The summed E-state index contributed by atoms with van der Waals surface area (Å²) in [7, 11) is 0. The van der Waals surface area contributed by atoms with E-state index in [0.717, 1.165) is 37.8 Å². The minimum absolute atomic E-state index is 0.0564. The zero-order valence-electron chi connectivity index (χ0n) is 13.9. The average molecular weight is 327 g/mol. The number of hydrogen-bond acceptors (Lipinski definition) is 4. The molecular formula is C19H25N3O2. The molecule has 128 valence electrons. The second-order valence-corrected chi connectivity index (χ2v) is 5.58. The van der Waals surface area contributed by atoms with Crippen LogP contribution in [0.4, 0.5) is 0 Å². The second kappa shape index (κ2) is 11.3. The molecule has 1 aromatic carbocycles. The highest BCUT2D eigenvalue weighted by Gasteiger charge is 2.03. The number of hydroxylamine groups is 1.